The van der Waals surface area contributed by atoms with E-state index in [1.165, 1.54) is 0 Å². The molecule has 25 heavy (non-hydrogen) atoms. The van der Waals surface area contributed by atoms with E-state index in [4.69, 9.17) is 0 Å². The number of rotatable bonds is 3. The van der Waals surface area contributed by atoms with Gasteiger partial charge in [0.2, 0.25) is 0 Å². The number of pyridine rings is 1. The Balaban J connectivity index is 1.52. The van der Waals surface area contributed by atoms with Crippen LogP contribution in [0.15, 0.2) is 30.6 Å². The van der Waals surface area contributed by atoms with Gasteiger partial charge in [0, 0.05) is 30.9 Å². The van der Waals surface area contributed by atoms with Gasteiger partial charge >= 0.3 is 0 Å². The van der Waals surface area contributed by atoms with E-state index in [1.807, 2.05) is 38.2 Å². The minimum absolute atomic E-state index is 0.00395. The fourth-order valence-electron chi connectivity index (χ4n) is 3.49. The topological polar surface area (TPSA) is 86.5 Å². The maximum atomic E-state index is 12.9. The zero-order chi connectivity index (χ0) is 17.6. The van der Waals surface area contributed by atoms with Gasteiger partial charge in [0.25, 0.3) is 5.91 Å². The number of fused-ring (bicyclic) bond motifs is 1. The molecule has 4 heterocycles. The number of aromatic amines is 1. The second-order valence-corrected chi connectivity index (χ2v) is 6.88. The molecule has 130 valence electrons. The molecule has 1 aliphatic heterocycles. The zero-order valence-corrected chi connectivity index (χ0v) is 14.3. The van der Waals surface area contributed by atoms with Crippen molar-refractivity contribution in [3.05, 3.63) is 53.1 Å². The summed E-state index contributed by atoms with van der Waals surface area (Å²) in [5.41, 5.74) is 4.36. The largest absolute Gasteiger partial charge is 0.391 e. The fourth-order valence-corrected chi connectivity index (χ4v) is 3.49. The molecule has 7 heteroatoms. The molecule has 0 aromatic carbocycles. The number of aliphatic hydroxyl groups is 1. The average Bonchev–Trinajstić information content (AvgIpc) is 3.26. The minimum Gasteiger partial charge on any atom is -0.391 e. The molecule has 7 nitrogen and oxygen atoms in total. The van der Waals surface area contributed by atoms with Crippen molar-refractivity contribution in [1.82, 2.24) is 24.7 Å². The number of aromatic nitrogens is 4. The summed E-state index contributed by atoms with van der Waals surface area (Å²) in [5, 5.41) is 21.8. The fraction of sp³-hybridized carbons (Fsp3) is 0.389. The molecule has 0 unspecified atom stereocenters. The molecule has 1 aliphatic rings. The third-order valence-electron chi connectivity index (χ3n) is 4.82. The van der Waals surface area contributed by atoms with Crippen LogP contribution in [-0.4, -0.2) is 54.9 Å². The van der Waals surface area contributed by atoms with Crippen LogP contribution in [0.3, 0.4) is 0 Å². The molecule has 2 N–H and O–H groups in total. The molecule has 3 aromatic heterocycles. The van der Waals surface area contributed by atoms with E-state index in [1.54, 1.807) is 15.6 Å². The van der Waals surface area contributed by atoms with Gasteiger partial charge in [0.1, 0.15) is 0 Å². The number of aliphatic hydroxyl groups excluding tert-OH is 1. The summed E-state index contributed by atoms with van der Waals surface area (Å²) < 4.78 is 1.72. The highest BCUT2D eigenvalue weighted by Gasteiger charge is 2.35. The smallest absolute Gasteiger partial charge is 0.257 e. The Hall–Kier alpha value is -2.67. The van der Waals surface area contributed by atoms with Gasteiger partial charge in [-0.1, -0.05) is 6.07 Å². The van der Waals surface area contributed by atoms with Gasteiger partial charge in [0.15, 0.2) is 0 Å². The van der Waals surface area contributed by atoms with E-state index >= 15 is 0 Å². The predicted molar refractivity (Wildman–Crippen MR) is 92.4 cm³/mol. The van der Waals surface area contributed by atoms with Crippen LogP contribution in [0.25, 0.3) is 5.52 Å². The molecule has 0 spiro atoms. The number of carbonyl (C=O) groups is 1. The molecule has 1 fully saturated rings. The van der Waals surface area contributed by atoms with E-state index in [0.29, 0.717) is 25.1 Å². The highest BCUT2D eigenvalue weighted by Crippen LogP contribution is 2.24. The third-order valence-corrected chi connectivity index (χ3v) is 4.82. The van der Waals surface area contributed by atoms with Crippen molar-refractivity contribution >= 4 is 11.4 Å². The molecule has 0 aliphatic carbocycles. The van der Waals surface area contributed by atoms with E-state index in [-0.39, 0.29) is 11.8 Å². The van der Waals surface area contributed by atoms with E-state index in [2.05, 4.69) is 15.3 Å². The Morgan fingerprint density at radius 2 is 2.20 bits per heavy atom. The van der Waals surface area contributed by atoms with Crippen LogP contribution in [0, 0.1) is 19.8 Å². The SMILES string of the molecule is Cc1ccc2c(C(=O)N3C[C@@H](Cc4cc(C)[nH]n4)[C@H](O)C3)cnn2c1. The van der Waals surface area contributed by atoms with Crippen molar-refractivity contribution in [2.75, 3.05) is 13.1 Å². The van der Waals surface area contributed by atoms with Crippen LogP contribution in [0.4, 0.5) is 0 Å². The number of amides is 1. The number of hydrogen-bond acceptors (Lipinski definition) is 4. The molecule has 2 atom stereocenters. The minimum atomic E-state index is -0.537. The Labute approximate surface area is 145 Å². The molecule has 1 saturated heterocycles. The summed E-state index contributed by atoms with van der Waals surface area (Å²) in [6, 6.07) is 5.85. The summed E-state index contributed by atoms with van der Waals surface area (Å²) in [6.07, 6.45) is 3.62. The van der Waals surface area contributed by atoms with E-state index in [9.17, 15) is 9.90 Å². The van der Waals surface area contributed by atoms with Crippen molar-refractivity contribution in [3.63, 3.8) is 0 Å². The van der Waals surface area contributed by atoms with Crippen LogP contribution in [0.5, 0.6) is 0 Å². The van der Waals surface area contributed by atoms with Crippen molar-refractivity contribution in [1.29, 1.82) is 0 Å². The average molecular weight is 339 g/mol. The van der Waals surface area contributed by atoms with Crippen LogP contribution in [0.2, 0.25) is 0 Å². The summed E-state index contributed by atoms with van der Waals surface area (Å²) in [4.78, 5) is 14.6. The number of β-amino-alcohol motifs (C(OH)–C–C–N with tert-alkyl or cyclic N) is 1. The monoisotopic (exact) mass is 339 g/mol. The van der Waals surface area contributed by atoms with Crippen LogP contribution in [0.1, 0.15) is 27.3 Å². The normalized spacial score (nSPS) is 20.5. The van der Waals surface area contributed by atoms with Gasteiger partial charge in [-0.25, -0.2) is 4.52 Å². The number of H-pyrrole nitrogens is 1. The highest BCUT2D eigenvalue weighted by molar-refractivity contribution is 6.00. The van der Waals surface area contributed by atoms with Gasteiger partial charge in [-0.15, -0.1) is 0 Å². The number of carbonyl (C=O) groups excluding carboxylic acids is 1. The lowest BCUT2D eigenvalue weighted by Gasteiger charge is -2.15. The summed E-state index contributed by atoms with van der Waals surface area (Å²) in [5.74, 6) is -0.0886. The molecule has 4 rings (SSSR count). The van der Waals surface area contributed by atoms with Crippen molar-refractivity contribution < 1.29 is 9.90 Å². The number of nitrogens with one attached hydrogen (secondary N) is 1. The van der Waals surface area contributed by atoms with Crippen LogP contribution >= 0.6 is 0 Å². The first kappa shape index (κ1) is 15.8. The molecule has 0 radical (unpaired) electrons. The molecule has 1 amide bonds. The van der Waals surface area contributed by atoms with Crippen LogP contribution in [-0.2, 0) is 6.42 Å². The van der Waals surface area contributed by atoms with Gasteiger partial charge < -0.3 is 10.0 Å². The number of hydrogen-bond donors (Lipinski definition) is 2. The first-order valence-corrected chi connectivity index (χ1v) is 8.43. The quantitative estimate of drug-likeness (QED) is 0.754. The van der Waals surface area contributed by atoms with Gasteiger partial charge in [-0.05, 0) is 38.0 Å². The molecule has 0 bridgehead atoms. The summed E-state index contributed by atoms with van der Waals surface area (Å²) >= 11 is 0. The number of nitrogens with zero attached hydrogens (tertiary/aromatic N) is 4. The first-order valence-electron chi connectivity index (χ1n) is 8.43. The predicted octanol–water partition coefficient (Wildman–Crippen LogP) is 1.35. The van der Waals surface area contributed by atoms with Gasteiger partial charge in [-0.2, -0.15) is 10.2 Å². The lowest BCUT2D eigenvalue weighted by Crippen LogP contribution is -2.29. The van der Waals surface area contributed by atoms with E-state index in [0.717, 1.165) is 22.5 Å². The van der Waals surface area contributed by atoms with Crippen LogP contribution < -0.4 is 0 Å². The number of likely N-dealkylation sites (tertiary alicyclic amines) is 1. The second kappa shape index (κ2) is 6.00. The maximum Gasteiger partial charge on any atom is 0.257 e. The van der Waals surface area contributed by atoms with Crippen molar-refractivity contribution in [2.45, 2.75) is 26.4 Å². The van der Waals surface area contributed by atoms with Crippen molar-refractivity contribution in [2.24, 2.45) is 5.92 Å². The molecule has 3 aromatic rings. The summed E-state index contributed by atoms with van der Waals surface area (Å²) in [6.45, 7) is 4.80. The van der Waals surface area contributed by atoms with Crippen molar-refractivity contribution in [3.8, 4) is 0 Å². The summed E-state index contributed by atoms with van der Waals surface area (Å²) in [7, 11) is 0. The molecular weight excluding hydrogens is 318 g/mol. The number of aryl methyl sites for hydroxylation is 2. The third kappa shape index (κ3) is 2.91. The Bertz CT molecular complexity index is 929. The lowest BCUT2D eigenvalue weighted by atomic mass is 10.0. The zero-order valence-electron chi connectivity index (χ0n) is 14.3. The van der Waals surface area contributed by atoms with E-state index < -0.39 is 6.10 Å². The first-order chi connectivity index (χ1) is 12.0. The Morgan fingerprint density at radius 3 is 2.96 bits per heavy atom. The Morgan fingerprint density at radius 1 is 1.36 bits per heavy atom. The lowest BCUT2D eigenvalue weighted by molar-refractivity contribution is 0.0766. The standard InChI is InChI=1S/C18H21N5O2/c1-11-3-4-16-15(7-19-23(16)8-11)18(25)22-9-13(17(24)10-22)6-14-5-12(2)20-21-14/h3-5,7-8,13,17,24H,6,9-10H2,1-2H3,(H,20,21)/t13-,17-/m1/s1. The Kier molecular flexibility index (Phi) is 3.80. The molecular formula is C18H21N5O2. The highest BCUT2D eigenvalue weighted by atomic mass is 16.3. The second-order valence-electron chi connectivity index (χ2n) is 6.88. The molecule has 0 saturated carbocycles. The maximum absolute atomic E-state index is 12.9. The van der Waals surface area contributed by atoms with Gasteiger partial charge in [0.05, 0.1) is 29.1 Å². The van der Waals surface area contributed by atoms with Gasteiger partial charge in [-0.3, -0.25) is 9.89 Å².